The van der Waals surface area contributed by atoms with Crippen molar-refractivity contribution in [2.75, 3.05) is 13.1 Å². The number of likely N-dealkylation sites (tertiary alicyclic amines) is 1. The van der Waals surface area contributed by atoms with Crippen LogP contribution in [-0.2, 0) is 6.42 Å². The number of aromatic nitrogens is 2. The molecule has 1 saturated heterocycles. The molecule has 1 unspecified atom stereocenters. The van der Waals surface area contributed by atoms with Crippen LogP contribution < -0.4 is 0 Å². The average Bonchev–Trinajstić information content (AvgIpc) is 3.32. The van der Waals surface area contributed by atoms with E-state index in [1.165, 1.54) is 23.5 Å². The zero-order valence-electron chi connectivity index (χ0n) is 15.0. The quantitative estimate of drug-likeness (QED) is 0.676. The van der Waals surface area contributed by atoms with Gasteiger partial charge in [0.25, 0.3) is 5.91 Å². The second-order valence-corrected chi connectivity index (χ2v) is 7.68. The summed E-state index contributed by atoms with van der Waals surface area (Å²) in [5, 5.41) is 0. The SMILES string of the molecule is Cc1ncsc1C(=O)N1CCCC(c2ncc(Cc3ccc(F)cc3)o2)C1. The lowest BCUT2D eigenvalue weighted by Gasteiger charge is -2.31. The van der Waals surface area contributed by atoms with E-state index in [0.717, 1.165) is 36.4 Å². The Bertz CT molecular complexity index is 935. The Hall–Kier alpha value is -2.54. The third-order valence-electron chi connectivity index (χ3n) is 4.86. The van der Waals surface area contributed by atoms with E-state index in [4.69, 9.17) is 4.42 Å². The van der Waals surface area contributed by atoms with Crippen LogP contribution in [0.4, 0.5) is 4.39 Å². The van der Waals surface area contributed by atoms with Gasteiger partial charge in [0.05, 0.1) is 23.3 Å². The first-order valence-electron chi connectivity index (χ1n) is 8.98. The highest BCUT2D eigenvalue weighted by Crippen LogP contribution is 2.29. The summed E-state index contributed by atoms with van der Waals surface area (Å²) in [7, 11) is 0. The highest BCUT2D eigenvalue weighted by molar-refractivity contribution is 7.11. The fourth-order valence-corrected chi connectivity index (χ4v) is 4.18. The number of benzene rings is 1. The van der Waals surface area contributed by atoms with Gasteiger partial charge in [-0.25, -0.2) is 14.4 Å². The van der Waals surface area contributed by atoms with E-state index >= 15 is 0 Å². The largest absolute Gasteiger partial charge is 0.445 e. The maximum Gasteiger partial charge on any atom is 0.265 e. The van der Waals surface area contributed by atoms with Crippen LogP contribution >= 0.6 is 11.3 Å². The first kappa shape index (κ1) is 17.9. The van der Waals surface area contributed by atoms with E-state index in [9.17, 15) is 9.18 Å². The minimum Gasteiger partial charge on any atom is -0.445 e. The monoisotopic (exact) mass is 385 g/mol. The Kier molecular flexibility index (Phi) is 5.03. The number of nitrogens with zero attached hydrogens (tertiary/aromatic N) is 3. The van der Waals surface area contributed by atoms with Crippen molar-refractivity contribution in [2.45, 2.75) is 32.1 Å². The second-order valence-electron chi connectivity index (χ2n) is 6.83. The number of piperidine rings is 1. The standard InChI is InChI=1S/C20H20FN3O2S/c1-13-18(27-12-23-13)20(25)24-8-2-3-15(11-24)19-22-10-17(26-19)9-14-4-6-16(21)7-5-14/h4-7,10,12,15H,2-3,8-9,11H2,1H3. The summed E-state index contributed by atoms with van der Waals surface area (Å²) in [5.74, 6) is 1.31. The number of rotatable bonds is 4. The molecule has 3 heterocycles. The Balaban J connectivity index is 1.44. The summed E-state index contributed by atoms with van der Waals surface area (Å²) >= 11 is 1.39. The lowest BCUT2D eigenvalue weighted by molar-refractivity contribution is 0.0702. The van der Waals surface area contributed by atoms with Gasteiger partial charge in [-0.3, -0.25) is 4.79 Å². The Labute approximate surface area is 160 Å². The average molecular weight is 385 g/mol. The normalized spacial score (nSPS) is 17.3. The van der Waals surface area contributed by atoms with Crippen LogP contribution in [-0.4, -0.2) is 33.9 Å². The van der Waals surface area contributed by atoms with E-state index < -0.39 is 0 Å². The van der Waals surface area contributed by atoms with Crippen LogP contribution in [0, 0.1) is 12.7 Å². The van der Waals surface area contributed by atoms with Gasteiger partial charge in [0.2, 0.25) is 0 Å². The Morgan fingerprint density at radius 3 is 2.89 bits per heavy atom. The molecule has 27 heavy (non-hydrogen) atoms. The lowest BCUT2D eigenvalue weighted by atomic mass is 9.98. The van der Waals surface area contributed by atoms with Crippen molar-refractivity contribution >= 4 is 17.2 Å². The van der Waals surface area contributed by atoms with Gasteiger partial charge in [0.15, 0.2) is 5.89 Å². The molecule has 4 rings (SSSR count). The van der Waals surface area contributed by atoms with Gasteiger partial charge in [-0.15, -0.1) is 11.3 Å². The fraction of sp³-hybridized carbons (Fsp3) is 0.350. The molecule has 140 valence electrons. The van der Waals surface area contributed by atoms with E-state index in [1.54, 1.807) is 23.8 Å². The van der Waals surface area contributed by atoms with Crippen LogP contribution in [0.3, 0.4) is 0 Å². The van der Waals surface area contributed by atoms with Gasteiger partial charge >= 0.3 is 0 Å². The predicted octanol–water partition coefficient (Wildman–Crippen LogP) is 4.19. The molecule has 0 bridgehead atoms. The number of hydrogen-bond donors (Lipinski definition) is 0. The summed E-state index contributed by atoms with van der Waals surface area (Å²) in [6, 6.07) is 6.38. The van der Waals surface area contributed by atoms with Crippen molar-refractivity contribution in [3.05, 3.63) is 69.6 Å². The molecule has 1 aliphatic heterocycles. The molecule has 0 spiro atoms. The maximum atomic E-state index is 13.0. The molecule has 0 saturated carbocycles. The number of carbonyl (C=O) groups excluding carboxylic acids is 1. The molecule has 1 aliphatic rings. The Morgan fingerprint density at radius 1 is 1.33 bits per heavy atom. The number of amides is 1. The number of carbonyl (C=O) groups is 1. The summed E-state index contributed by atoms with van der Waals surface area (Å²) in [5.41, 5.74) is 3.46. The highest BCUT2D eigenvalue weighted by atomic mass is 32.1. The molecular formula is C20H20FN3O2S. The zero-order chi connectivity index (χ0) is 18.8. The molecule has 7 heteroatoms. The zero-order valence-corrected chi connectivity index (χ0v) is 15.8. The maximum absolute atomic E-state index is 13.0. The highest BCUT2D eigenvalue weighted by Gasteiger charge is 2.29. The van der Waals surface area contributed by atoms with E-state index in [1.807, 2.05) is 11.8 Å². The van der Waals surface area contributed by atoms with Crippen molar-refractivity contribution in [3.63, 3.8) is 0 Å². The third-order valence-corrected chi connectivity index (χ3v) is 5.78. The van der Waals surface area contributed by atoms with E-state index in [2.05, 4.69) is 9.97 Å². The van der Waals surface area contributed by atoms with Gasteiger partial charge in [0.1, 0.15) is 16.5 Å². The number of thiazole rings is 1. The molecule has 1 atom stereocenters. The van der Waals surface area contributed by atoms with E-state index in [-0.39, 0.29) is 17.6 Å². The van der Waals surface area contributed by atoms with Crippen molar-refractivity contribution < 1.29 is 13.6 Å². The number of aryl methyl sites for hydroxylation is 1. The molecule has 1 aromatic carbocycles. The fourth-order valence-electron chi connectivity index (χ4n) is 3.41. The second kappa shape index (κ2) is 7.60. The van der Waals surface area contributed by atoms with Gasteiger partial charge in [0, 0.05) is 19.5 Å². The first-order chi connectivity index (χ1) is 13.1. The lowest BCUT2D eigenvalue weighted by Crippen LogP contribution is -2.39. The van der Waals surface area contributed by atoms with Crippen LogP contribution in [0.25, 0.3) is 0 Å². The molecule has 0 N–H and O–H groups in total. The van der Waals surface area contributed by atoms with Crippen molar-refractivity contribution in [3.8, 4) is 0 Å². The third kappa shape index (κ3) is 3.93. The number of hydrogen-bond acceptors (Lipinski definition) is 5. The van der Waals surface area contributed by atoms with Crippen molar-refractivity contribution in [1.29, 1.82) is 0 Å². The van der Waals surface area contributed by atoms with Crippen LogP contribution in [0.1, 0.15) is 51.3 Å². The van der Waals surface area contributed by atoms with E-state index in [0.29, 0.717) is 23.7 Å². The summed E-state index contributed by atoms with van der Waals surface area (Å²) in [4.78, 5) is 23.9. The minimum absolute atomic E-state index is 0.0396. The molecule has 5 nitrogen and oxygen atoms in total. The smallest absolute Gasteiger partial charge is 0.265 e. The number of oxazole rings is 1. The molecule has 1 fully saturated rings. The Morgan fingerprint density at radius 2 is 2.15 bits per heavy atom. The summed E-state index contributed by atoms with van der Waals surface area (Å²) in [6.07, 6.45) is 4.17. The minimum atomic E-state index is -0.250. The van der Waals surface area contributed by atoms with Gasteiger partial charge in [-0.1, -0.05) is 12.1 Å². The molecule has 0 radical (unpaired) electrons. The van der Waals surface area contributed by atoms with Gasteiger partial charge in [-0.2, -0.15) is 0 Å². The summed E-state index contributed by atoms with van der Waals surface area (Å²) < 4.78 is 19.0. The first-order valence-corrected chi connectivity index (χ1v) is 9.86. The molecule has 0 aliphatic carbocycles. The van der Waals surface area contributed by atoms with Crippen LogP contribution in [0.5, 0.6) is 0 Å². The predicted molar refractivity (Wildman–Crippen MR) is 100 cm³/mol. The topological polar surface area (TPSA) is 59.2 Å². The molecule has 1 amide bonds. The number of halogens is 1. The molecular weight excluding hydrogens is 365 g/mol. The van der Waals surface area contributed by atoms with Crippen molar-refractivity contribution in [2.24, 2.45) is 0 Å². The van der Waals surface area contributed by atoms with Crippen molar-refractivity contribution in [1.82, 2.24) is 14.9 Å². The van der Waals surface area contributed by atoms with Gasteiger partial charge in [-0.05, 0) is 37.5 Å². The van der Waals surface area contributed by atoms with Crippen LogP contribution in [0.2, 0.25) is 0 Å². The summed E-state index contributed by atoms with van der Waals surface area (Å²) in [6.45, 7) is 3.21. The molecule has 2 aromatic heterocycles. The van der Waals surface area contributed by atoms with Gasteiger partial charge < -0.3 is 9.32 Å². The van der Waals surface area contributed by atoms with Crippen LogP contribution in [0.15, 0.2) is 40.4 Å². The molecule has 3 aromatic rings.